The van der Waals surface area contributed by atoms with Crippen molar-refractivity contribution in [1.29, 1.82) is 0 Å². The number of aromatic nitrogens is 4. The number of fused-ring (bicyclic) bond motifs is 3. The monoisotopic (exact) mass is 498 g/mol. The van der Waals surface area contributed by atoms with Gasteiger partial charge in [-0.2, -0.15) is 22.7 Å². The van der Waals surface area contributed by atoms with E-state index < -0.39 is 0 Å². The minimum Gasteiger partial charge on any atom is -0.265 e. The van der Waals surface area contributed by atoms with Crippen molar-refractivity contribution in [2.45, 2.75) is 0 Å². The first-order valence-corrected chi connectivity index (χ1v) is 13.4. The Bertz CT molecular complexity index is 1680. The summed E-state index contributed by atoms with van der Waals surface area (Å²) in [5.41, 5.74) is 10.4. The average Bonchev–Trinajstić information content (AvgIpc) is 3.68. The van der Waals surface area contributed by atoms with Gasteiger partial charge in [0.05, 0.1) is 22.4 Å². The van der Waals surface area contributed by atoms with Gasteiger partial charge in [-0.25, -0.2) is 9.97 Å². The van der Waals surface area contributed by atoms with Gasteiger partial charge in [0, 0.05) is 57.4 Å². The predicted molar refractivity (Wildman–Crippen MR) is 150 cm³/mol. The fraction of sp³-hybridized carbons (Fsp3) is 0. The van der Waals surface area contributed by atoms with Gasteiger partial charge in [-0.1, -0.05) is 12.1 Å². The second kappa shape index (κ2) is 8.75. The summed E-state index contributed by atoms with van der Waals surface area (Å²) in [6.07, 6.45) is 7.34. The van der Waals surface area contributed by atoms with Crippen LogP contribution in [0.3, 0.4) is 0 Å². The summed E-state index contributed by atoms with van der Waals surface area (Å²) in [5, 5.41) is 10.6. The Hall–Kier alpha value is -4.26. The third-order valence-electron chi connectivity index (χ3n) is 6.37. The number of rotatable bonds is 4. The van der Waals surface area contributed by atoms with Gasteiger partial charge in [0.15, 0.2) is 0 Å². The Balaban J connectivity index is 1.62. The molecule has 0 saturated carbocycles. The van der Waals surface area contributed by atoms with Crippen molar-refractivity contribution in [1.82, 2.24) is 19.9 Å². The third-order valence-corrected chi connectivity index (χ3v) is 7.74. The van der Waals surface area contributed by atoms with E-state index in [1.54, 1.807) is 22.7 Å². The fourth-order valence-electron chi connectivity index (χ4n) is 4.63. The summed E-state index contributed by atoms with van der Waals surface area (Å²) in [6, 6.07) is 21.1. The van der Waals surface area contributed by atoms with E-state index in [-0.39, 0.29) is 0 Å². The van der Waals surface area contributed by atoms with Crippen molar-refractivity contribution in [3.05, 3.63) is 107 Å². The highest BCUT2D eigenvalue weighted by molar-refractivity contribution is 7.08. The van der Waals surface area contributed by atoms with Crippen LogP contribution in [0.4, 0.5) is 0 Å². The van der Waals surface area contributed by atoms with Gasteiger partial charge in [-0.15, -0.1) is 0 Å². The van der Waals surface area contributed by atoms with Crippen molar-refractivity contribution in [2.24, 2.45) is 0 Å². The highest BCUT2D eigenvalue weighted by atomic mass is 32.1. The maximum atomic E-state index is 5.21. The lowest BCUT2D eigenvalue weighted by atomic mass is 9.95. The normalized spacial score (nSPS) is 11.3. The molecule has 0 fully saturated rings. The second-order valence-electron chi connectivity index (χ2n) is 8.46. The zero-order valence-corrected chi connectivity index (χ0v) is 20.6. The molecule has 0 saturated heterocycles. The molecule has 0 atom stereocenters. The zero-order chi connectivity index (χ0) is 23.9. The molecule has 0 aliphatic heterocycles. The molecule has 0 aliphatic carbocycles. The molecule has 170 valence electrons. The van der Waals surface area contributed by atoms with E-state index in [1.165, 1.54) is 0 Å². The van der Waals surface area contributed by atoms with E-state index in [0.29, 0.717) is 0 Å². The average molecular weight is 499 g/mol. The molecule has 0 unspecified atom stereocenters. The minimum atomic E-state index is 0.899. The Morgan fingerprint density at radius 3 is 1.31 bits per heavy atom. The first kappa shape index (κ1) is 21.1. The number of hydrogen-bond donors (Lipinski definition) is 0. The molecule has 6 aromatic heterocycles. The molecule has 7 aromatic rings. The first-order valence-electron chi connectivity index (χ1n) is 11.5. The van der Waals surface area contributed by atoms with Crippen LogP contribution in [-0.2, 0) is 0 Å². The molecule has 6 heteroatoms. The maximum Gasteiger partial charge on any atom is 0.0978 e. The predicted octanol–water partition coefficient (Wildman–Crippen LogP) is 8.36. The first-order chi connectivity index (χ1) is 17.8. The summed E-state index contributed by atoms with van der Waals surface area (Å²) in [7, 11) is 0. The molecule has 7 rings (SSSR count). The quantitative estimate of drug-likeness (QED) is 0.229. The topological polar surface area (TPSA) is 51.6 Å². The van der Waals surface area contributed by atoms with E-state index in [9.17, 15) is 0 Å². The Morgan fingerprint density at radius 1 is 0.472 bits per heavy atom. The third kappa shape index (κ3) is 3.59. The summed E-state index contributed by atoms with van der Waals surface area (Å²) < 4.78 is 0. The molecular weight excluding hydrogens is 480 g/mol. The van der Waals surface area contributed by atoms with Gasteiger partial charge in [-0.3, -0.25) is 9.97 Å². The van der Waals surface area contributed by atoms with Gasteiger partial charge in [0.1, 0.15) is 0 Å². The van der Waals surface area contributed by atoms with Crippen LogP contribution in [-0.4, -0.2) is 19.9 Å². The van der Waals surface area contributed by atoms with Crippen LogP contribution >= 0.6 is 22.7 Å². The van der Waals surface area contributed by atoms with Crippen LogP contribution in [0.15, 0.2) is 107 Å². The van der Waals surface area contributed by atoms with Crippen molar-refractivity contribution >= 4 is 44.5 Å². The zero-order valence-electron chi connectivity index (χ0n) is 19.0. The molecular formula is C30H18N4S2. The molecule has 36 heavy (non-hydrogen) atoms. The largest absolute Gasteiger partial charge is 0.265 e. The van der Waals surface area contributed by atoms with Gasteiger partial charge in [0.25, 0.3) is 0 Å². The van der Waals surface area contributed by atoms with Gasteiger partial charge >= 0.3 is 0 Å². The summed E-state index contributed by atoms with van der Waals surface area (Å²) >= 11 is 3.35. The molecule has 0 aliphatic rings. The molecule has 1 aromatic carbocycles. The molecule has 0 radical (unpaired) electrons. The Kier molecular flexibility index (Phi) is 5.12. The summed E-state index contributed by atoms with van der Waals surface area (Å²) in [6.45, 7) is 0. The molecule has 0 N–H and O–H groups in total. The number of hydrogen-bond acceptors (Lipinski definition) is 6. The highest BCUT2D eigenvalue weighted by Gasteiger charge is 2.17. The van der Waals surface area contributed by atoms with Gasteiger partial charge in [0.2, 0.25) is 0 Å². The van der Waals surface area contributed by atoms with Gasteiger partial charge in [-0.05, 0) is 81.5 Å². The second-order valence-corrected chi connectivity index (χ2v) is 10.0. The van der Waals surface area contributed by atoms with E-state index in [4.69, 9.17) is 9.97 Å². The SMILES string of the molecule is c1cc(-c2cc(-c3ccsc3)nc3c2ccc2c(-c4ccncc4)cc(-c4ccsc4)nc23)ccn1. The fourth-order valence-corrected chi connectivity index (χ4v) is 5.93. The smallest absolute Gasteiger partial charge is 0.0978 e. The van der Waals surface area contributed by atoms with Crippen molar-refractivity contribution in [3.63, 3.8) is 0 Å². The van der Waals surface area contributed by atoms with Crippen molar-refractivity contribution in [2.75, 3.05) is 0 Å². The van der Waals surface area contributed by atoms with E-state index in [1.807, 2.05) is 49.1 Å². The van der Waals surface area contributed by atoms with E-state index in [0.717, 1.165) is 66.6 Å². The number of nitrogens with zero attached hydrogens (tertiary/aromatic N) is 4. The van der Waals surface area contributed by atoms with Crippen LogP contribution in [0.5, 0.6) is 0 Å². The molecule has 4 nitrogen and oxygen atoms in total. The highest BCUT2D eigenvalue weighted by Crippen LogP contribution is 2.39. The molecule has 0 amide bonds. The maximum absolute atomic E-state index is 5.21. The van der Waals surface area contributed by atoms with Crippen LogP contribution in [0.25, 0.3) is 66.6 Å². The minimum absolute atomic E-state index is 0.899. The molecule has 0 bridgehead atoms. The van der Waals surface area contributed by atoms with Crippen LogP contribution in [0, 0.1) is 0 Å². The lowest BCUT2D eigenvalue weighted by molar-refractivity contribution is 1.32. The Labute approximate surface area is 215 Å². The number of pyridine rings is 4. The van der Waals surface area contributed by atoms with Crippen LogP contribution in [0.1, 0.15) is 0 Å². The number of benzene rings is 1. The van der Waals surface area contributed by atoms with Gasteiger partial charge < -0.3 is 0 Å². The summed E-state index contributed by atoms with van der Waals surface area (Å²) in [4.78, 5) is 18.9. The van der Waals surface area contributed by atoms with Crippen LogP contribution < -0.4 is 0 Å². The Morgan fingerprint density at radius 2 is 0.917 bits per heavy atom. The van der Waals surface area contributed by atoms with E-state index in [2.05, 4.69) is 67.9 Å². The number of thiophene rings is 2. The standard InChI is InChI=1S/C30H18N4S2/c1-2-24-26(20-5-11-32-12-6-20)16-28(22-8-14-36-18-22)34-30(24)29-23(1)25(19-3-9-31-10-4-19)15-27(33-29)21-7-13-35-17-21/h1-18H. The molecule has 0 spiro atoms. The van der Waals surface area contributed by atoms with E-state index >= 15 is 0 Å². The van der Waals surface area contributed by atoms with Crippen molar-refractivity contribution in [3.8, 4) is 44.8 Å². The van der Waals surface area contributed by atoms with Crippen molar-refractivity contribution < 1.29 is 0 Å². The lowest BCUT2D eigenvalue weighted by Crippen LogP contribution is -1.95. The summed E-state index contributed by atoms with van der Waals surface area (Å²) in [5.74, 6) is 0. The van der Waals surface area contributed by atoms with Crippen LogP contribution in [0.2, 0.25) is 0 Å². The lowest BCUT2D eigenvalue weighted by Gasteiger charge is -2.14. The molecule has 6 heterocycles.